The summed E-state index contributed by atoms with van der Waals surface area (Å²) in [6.45, 7) is 0.437. The Labute approximate surface area is 69.5 Å². The molecule has 1 unspecified atom stereocenters. The molecule has 0 bridgehead atoms. The first-order valence-electron chi connectivity index (χ1n) is 3.35. The van der Waals surface area contributed by atoms with Gasteiger partial charge in [-0.1, -0.05) is 0 Å². The van der Waals surface area contributed by atoms with Gasteiger partial charge in [0.2, 0.25) is 0 Å². The van der Waals surface area contributed by atoms with Gasteiger partial charge in [-0.3, -0.25) is 4.21 Å². The molecule has 0 rings (SSSR count). The summed E-state index contributed by atoms with van der Waals surface area (Å²) >= 11 is 0. The van der Waals surface area contributed by atoms with E-state index < -0.39 is 10.8 Å². The van der Waals surface area contributed by atoms with Crippen molar-refractivity contribution in [2.45, 2.75) is 6.29 Å². The zero-order valence-electron chi connectivity index (χ0n) is 6.91. The van der Waals surface area contributed by atoms with Crippen molar-refractivity contribution in [3.8, 4) is 0 Å². The minimum absolute atomic E-state index is 0.373. The summed E-state index contributed by atoms with van der Waals surface area (Å²) in [6.07, 6.45) is -0.373. The second-order valence-corrected chi connectivity index (χ2v) is 3.62. The van der Waals surface area contributed by atoms with E-state index in [-0.39, 0.29) is 6.29 Å². The van der Waals surface area contributed by atoms with Gasteiger partial charge in [-0.15, -0.1) is 0 Å². The van der Waals surface area contributed by atoms with Gasteiger partial charge in [0.1, 0.15) is 0 Å². The predicted molar refractivity (Wildman–Crippen MR) is 44.7 cm³/mol. The van der Waals surface area contributed by atoms with Crippen molar-refractivity contribution in [2.24, 2.45) is 5.73 Å². The maximum absolute atomic E-state index is 11.0. The molecule has 0 aliphatic heterocycles. The summed E-state index contributed by atoms with van der Waals surface area (Å²) < 4.78 is 20.8. The molecule has 0 aromatic rings. The first kappa shape index (κ1) is 11.0. The highest BCUT2D eigenvalue weighted by Gasteiger charge is 2.09. The third-order valence-corrected chi connectivity index (χ3v) is 2.53. The van der Waals surface area contributed by atoms with E-state index in [1.165, 1.54) is 14.2 Å². The van der Waals surface area contributed by atoms with E-state index in [9.17, 15) is 4.21 Å². The lowest BCUT2D eigenvalue weighted by Gasteiger charge is -2.11. The van der Waals surface area contributed by atoms with Crippen molar-refractivity contribution in [3.63, 3.8) is 0 Å². The molecule has 1 atom stereocenters. The van der Waals surface area contributed by atoms with Crippen LogP contribution < -0.4 is 5.73 Å². The summed E-state index contributed by atoms with van der Waals surface area (Å²) in [7, 11) is 2.12. The van der Waals surface area contributed by atoms with Crippen molar-refractivity contribution >= 4 is 10.8 Å². The number of hydrogen-bond donors (Lipinski definition) is 1. The van der Waals surface area contributed by atoms with Gasteiger partial charge in [0.25, 0.3) is 0 Å². The molecule has 0 saturated heterocycles. The first-order chi connectivity index (χ1) is 5.24. The van der Waals surface area contributed by atoms with E-state index in [0.717, 1.165) is 0 Å². The van der Waals surface area contributed by atoms with Gasteiger partial charge in [-0.2, -0.15) is 0 Å². The quantitative estimate of drug-likeness (QED) is 0.551. The third kappa shape index (κ3) is 5.32. The molecule has 4 nitrogen and oxygen atoms in total. The molecule has 0 amide bonds. The fourth-order valence-electron chi connectivity index (χ4n) is 0.599. The Hall–Kier alpha value is 0.0300. The monoisotopic (exact) mass is 181 g/mol. The van der Waals surface area contributed by atoms with E-state index in [1.807, 2.05) is 0 Å². The Bertz CT molecular complexity index is 116. The molecule has 0 radical (unpaired) electrons. The fraction of sp³-hybridized carbons (Fsp3) is 1.00. The molecule has 0 aromatic heterocycles. The average Bonchev–Trinajstić information content (AvgIpc) is 2.01. The Kier molecular flexibility index (Phi) is 6.74. The molecule has 0 fully saturated rings. The minimum Gasteiger partial charge on any atom is -0.355 e. The van der Waals surface area contributed by atoms with Gasteiger partial charge < -0.3 is 15.2 Å². The molecule has 11 heavy (non-hydrogen) atoms. The normalized spacial score (nSPS) is 13.8. The molecular weight excluding hydrogens is 166 g/mol. The molecule has 0 spiro atoms. The van der Waals surface area contributed by atoms with E-state index in [1.54, 1.807) is 0 Å². The highest BCUT2D eigenvalue weighted by molar-refractivity contribution is 7.85. The van der Waals surface area contributed by atoms with E-state index in [4.69, 9.17) is 15.2 Å². The van der Waals surface area contributed by atoms with Crippen LogP contribution in [0.5, 0.6) is 0 Å². The lowest BCUT2D eigenvalue weighted by molar-refractivity contribution is -0.0847. The molecule has 5 heteroatoms. The van der Waals surface area contributed by atoms with Crippen LogP contribution in [0.15, 0.2) is 0 Å². The SMILES string of the molecule is COC(CS(=O)CCN)OC. The highest BCUT2D eigenvalue weighted by atomic mass is 32.2. The van der Waals surface area contributed by atoms with E-state index in [2.05, 4.69) is 0 Å². The third-order valence-electron chi connectivity index (χ3n) is 1.19. The summed E-state index contributed by atoms with van der Waals surface area (Å²) in [5.41, 5.74) is 5.21. The van der Waals surface area contributed by atoms with Crippen molar-refractivity contribution in [3.05, 3.63) is 0 Å². The first-order valence-corrected chi connectivity index (χ1v) is 4.84. The van der Waals surface area contributed by atoms with E-state index in [0.29, 0.717) is 18.1 Å². The summed E-state index contributed by atoms with van der Waals surface area (Å²) in [4.78, 5) is 0. The molecule has 0 aliphatic rings. The van der Waals surface area contributed by atoms with Crippen molar-refractivity contribution in [1.29, 1.82) is 0 Å². The molecule has 0 aliphatic carbocycles. The smallest absolute Gasteiger partial charge is 0.168 e. The highest BCUT2D eigenvalue weighted by Crippen LogP contribution is 1.94. The van der Waals surface area contributed by atoms with Gasteiger partial charge in [-0.05, 0) is 0 Å². The number of hydrogen-bond acceptors (Lipinski definition) is 4. The maximum atomic E-state index is 11.0. The van der Waals surface area contributed by atoms with Crippen LogP contribution in [0.2, 0.25) is 0 Å². The molecule has 0 aromatic carbocycles. The maximum Gasteiger partial charge on any atom is 0.168 e. The van der Waals surface area contributed by atoms with Crippen LogP contribution in [-0.4, -0.2) is 42.8 Å². The Balaban J connectivity index is 3.54. The minimum atomic E-state index is -0.925. The van der Waals surface area contributed by atoms with Crippen LogP contribution in [0, 0.1) is 0 Å². The molecular formula is C6H15NO3S. The lowest BCUT2D eigenvalue weighted by atomic mass is 10.7. The molecule has 0 saturated carbocycles. The molecule has 0 heterocycles. The van der Waals surface area contributed by atoms with Gasteiger partial charge in [0.05, 0.1) is 5.75 Å². The van der Waals surface area contributed by atoms with Crippen LogP contribution in [0.4, 0.5) is 0 Å². The lowest BCUT2D eigenvalue weighted by Crippen LogP contribution is -2.24. The van der Waals surface area contributed by atoms with Crippen LogP contribution in [-0.2, 0) is 20.3 Å². The van der Waals surface area contributed by atoms with Crippen LogP contribution in [0.3, 0.4) is 0 Å². The zero-order chi connectivity index (χ0) is 8.69. The molecule has 68 valence electrons. The van der Waals surface area contributed by atoms with Crippen molar-refractivity contribution in [2.75, 3.05) is 32.3 Å². The number of methoxy groups -OCH3 is 2. The van der Waals surface area contributed by atoms with Crippen molar-refractivity contribution < 1.29 is 13.7 Å². The number of ether oxygens (including phenoxy) is 2. The van der Waals surface area contributed by atoms with Gasteiger partial charge >= 0.3 is 0 Å². The summed E-state index contributed by atoms with van der Waals surface area (Å²) in [6, 6.07) is 0. The van der Waals surface area contributed by atoms with Crippen LogP contribution in [0.25, 0.3) is 0 Å². The second kappa shape index (κ2) is 6.72. The van der Waals surface area contributed by atoms with E-state index >= 15 is 0 Å². The Morgan fingerprint density at radius 1 is 1.45 bits per heavy atom. The van der Waals surface area contributed by atoms with Gasteiger partial charge in [0.15, 0.2) is 6.29 Å². The summed E-state index contributed by atoms with van der Waals surface area (Å²) in [5, 5.41) is 0. The second-order valence-electron chi connectivity index (χ2n) is 2.00. The van der Waals surface area contributed by atoms with Crippen LogP contribution in [0.1, 0.15) is 0 Å². The molecule has 2 N–H and O–H groups in total. The number of nitrogens with two attached hydrogens (primary N) is 1. The average molecular weight is 181 g/mol. The van der Waals surface area contributed by atoms with Gasteiger partial charge in [-0.25, -0.2) is 0 Å². The largest absolute Gasteiger partial charge is 0.355 e. The fourth-order valence-corrected chi connectivity index (χ4v) is 1.60. The predicted octanol–water partition coefficient (Wildman–Crippen LogP) is -0.687. The topological polar surface area (TPSA) is 61.5 Å². The Morgan fingerprint density at radius 3 is 2.36 bits per heavy atom. The van der Waals surface area contributed by atoms with Crippen molar-refractivity contribution in [1.82, 2.24) is 0 Å². The summed E-state index contributed by atoms with van der Waals surface area (Å²) in [5.74, 6) is 0.896. The van der Waals surface area contributed by atoms with Crippen LogP contribution >= 0.6 is 0 Å². The zero-order valence-corrected chi connectivity index (χ0v) is 7.73. The number of rotatable bonds is 6. The van der Waals surface area contributed by atoms with Gasteiger partial charge in [0, 0.05) is 37.3 Å². The Morgan fingerprint density at radius 2 is 2.00 bits per heavy atom. The standard InChI is InChI=1S/C6H15NO3S/c1-9-6(10-2)5-11(8)4-3-7/h6H,3-5,7H2,1-2H3.